The molecule has 1 fully saturated rings. The molecule has 2 aromatic carbocycles. The smallest absolute Gasteiger partial charge is 0.209 e. The van der Waals surface area contributed by atoms with Crippen molar-refractivity contribution < 1.29 is 9.53 Å². The highest BCUT2D eigenvalue weighted by molar-refractivity contribution is 9.10. The number of hydrogen-bond donors (Lipinski definition) is 0. The molecule has 118 valence electrons. The molecule has 0 radical (unpaired) electrons. The van der Waals surface area contributed by atoms with Crippen molar-refractivity contribution in [3.05, 3.63) is 75.9 Å². The first-order chi connectivity index (χ1) is 11.2. The Balaban J connectivity index is 1.95. The largest absolute Gasteiger partial charge is 0.378 e. The van der Waals surface area contributed by atoms with Crippen molar-refractivity contribution in [2.45, 2.75) is 0 Å². The number of hydrogen-bond acceptors (Lipinski definition) is 3. The first-order valence-electron chi connectivity index (χ1n) is 7.64. The fraction of sp³-hybridized carbons (Fsp3) is 0.211. The van der Waals surface area contributed by atoms with Crippen molar-refractivity contribution in [2.75, 3.05) is 26.3 Å². The number of morpholine rings is 1. The Morgan fingerprint density at radius 2 is 1.65 bits per heavy atom. The van der Waals surface area contributed by atoms with Gasteiger partial charge in [0.05, 0.1) is 18.9 Å². The number of ether oxygens (including phenoxy) is 1. The average Bonchev–Trinajstić information content (AvgIpc) is 2.61. The number of Topliss-reactive ketones (excluding diaryl/α,β-unsaturated/α-hetero) is 1. The lowest BCUT2D eigenvalue weighted by atomic mass is 10.0. The summed E-state index contributed by atoms with van der Waals surface area (Å²) < 4.78 is 6.38. The standard InChI is InChI=1S/C19H18BrNO2/c20-17-8-6-16(7-9-17)19(22)18(21-10-12-23-13-11-21)14-15-4-2-1-3-5-15/h1-9,14H,10-13H2/b18-14-. The quantitative estimate of drug-likeness (QED) is 0.600. The molecule has 2 aromatic rings. The Kier molecular flexibility index (Phi) is 5.26. The van der Waals surface area contributed by atoms with Crippen LogP contribution in [0.15, 0.2) is 64.8 Å². The molecule has 4 heteroatoms. The minimum absolute atomic E-state index is 0.0447. The molecule has 0 bridgehead atoms. The van der Waals surface area contributed by atoms with Crippen LogP contribution in [0, 0.1) is 0 Å². The average molecular weight is 372 g/mol. The molecular weight excluding hydrogens is 354 g/mol. The van der Waals surface area contributed by atoms with Crippen LogP contribution in [0.5, 0.6) is 0 Å². The zero-order chi connectivity index (χ0) is 16.1. The highest BCUT2D eigenvalue weighted by Gasteiger charge is 2.21. The Morgan fingerprint density at radius 3 is 2.30 bits per heavy atom. The van der Waals surface area contributed by atoms with Crippen LogP contribution < -0.4 is 0 Å². The summed E-state index contributed by atoms with van der Waals surface area (Å²) in [7, 11) is 0. The van der Waals surface area contributed by atoms with E-state index in [1.165, 1.54) is 0 Å². The molecule has 1 heterocycles. The van der Waals surface area contributed by atoms with Gasteiger partial charge in [0.15, 0.2) is 0 Å². The van der Waals surface area contributed by atoms with E-state index in [0.29, 0.717) is 18.8 Å². The molecule has 1 aliphatic rings. The van der Waals surface area contributed by atoms with Gasteiger partial charge in [0.25, 0.3) is 0 Å². The van der Waals surface area contributed by atoms with Crippen molar-refractivity contribution in [3.63, 3.8) is 0 Å². The van der Waals surface area contributed by atoms with Crippen molar-refractivity contribution in [1.82, 2.24) is 4.90 Å². The molecule has 23 heavy (non-hydrogen) atoms. The van der Waals surface area contributed by atoms with Crippen LogP contribution in [-0.2, 0) is 4.74 Å². The highest BCUT2D eigenvalue weighted by Crippen LogP contribution is 2.20. The lowest BCUT2D eigenvalue weighted by Crippen LogP contribution is -2.38. The van der Waals surface area contributed by atoms with E-state index >= 15 is 0 Å². The first kappa shape index (κ1) is 16.0. The maximum absolute atomic E-state index is 13.0. The van der Waals surface area contributed by atoms with E-state index in [0.717, 1.165) is 28.8 Å². The van der Waals surface area contributed by atoms with Gasteiger partial charge in [-0.25, -0.2) is 0 Å². The fourth-order valence-corrected chi connectivity index (χ4v) is 2.83. The molecular formula is C19H18BrNO2. The van der Waals surface area contributed by atoms with Gasteiger partial charge in [-0.3, -0.25) is 4.79 Å². The number of nitrogens with zero attached hydrogens (tertiary/aromatic N) is 1. The third-order valence-electron chi connectivity index (χ3n) is 3.79. The summed E-state index contributed by atoms with van der Waals surface area (Å²) >= 11 is 3.41. The monoisotopic (exact) mass is 371 g/mol. The van der Waals surface area contributed by atoms with Gasteiger partial charge in [0, 0.05) is 23.1 Å². The van der Waals surface area contributed by atoms with Crippen molar-refractivity contribution in [1.29, 1.82) is 0 Å². The maximum Gasteiger partial charge on any atom is 0.209 e. The summed E-state index contributed by atoms with van der Waals surface area (Å²) in [4.78, 5) is 15.1. The van der Waals surface area contributed by atoms with Gasteiger partial charge in [0.2, 0.25) is 5.78 Å². The summed E-state index contributed by atoms with van der Waals surface area (Å²) in [6, 6.07) is 17.4. The number of rotatable bonds is 4. The second-order valence-corrected chi connectivity index (χ2v) is 6.29. The van der Waals surface area contributed by atoms with Gasteiger partial charge in [-0.05, 0) is 35.9 Å². The van der Waals surface area contributed by atoms with E-state index in [2.05, 4.69) is 20.8 Å². The van der Waals surface area contributed by atoms with Crippen molar-refractivity contribution in [2.24, 2.45) is 0 Å². The summed E-state index contributed by atoms with van der Waals surface area (Å²) in [6.07, 6.45) is 1.97. The maximum atomic E-state index is 13.0. The molecule has 1 aliphatic heterocycles. The molecule has 0 spiro atoms. The minimum atomic E-state index is 0.0447. The summed E-state index contributed by atoms with van der Waals surface area (Å²) in [5.74, 6) is 0.0447. The van der Waals surface area contributed by atoms with Gasteiger partial charge in [0.1, 0.15) is 0 Å². The Bertz CT molecular complexity index is 689. The summed E-state index contributed by atoms with van der Waals surface area (Å²) in [5, 5.41) is 0. The third-order valence-corrected chi connectivity index (χ3v) is 4.32. The predicted octanol–water partition coefficient (Wildman–Crippen LogP) is 4.01. The lowest BCUT2D eigenvalue weighted by Gasteiger charge is -2.30. The number of halogens is 1. The van der Waals surface area contributed by atoms with E-state index in [9.17, 15) is 4.79 Å². The number of benzene rings is 2. The normalized spacial score (nSPS) is 15.5. The van der Waals surface area contributed by atoms with Gasteiger partial charge in [-0.1, -0.05) is 46.3 Å². The van der Waals surface area contributed by atoms with E-state index in [4.69, 9.17) is 4.74 Å². The Hall–Kier alpha value is -1.91. The molecule has 0 aromatic heterocycles. The number of carbonyl (C=O) groups excluding carboxylic acids is 1. The van der Waals surface area contributed by atoms with Crippen LogP contribution in [-0.4, -0.2) is 37.0 Å². The topological polar surface area (TPSA) is 29.5 Å². The zero-order valence-electron chi connectivity index (χ0n) is 12.7. The first-order valence-corrected chi connectivity index (χ1v) is 8.43. The summed E-state index contributed by atoms with van der Waals surface area (Å²) in [5.41, 5.74) is 2.45. The molecule has 3 rings (SSSR count). The molecule has 1 saturated heterocycles. The van der Waals surface area contributed by atoms with Crippen LogP contribution >= 0.6 is 15.9 Å². The van der Waals surface area contributed by atoms with Crippen molar-refractivity contribution >= 4 is 27.8 Å². The van der Waals surface area contributed by atoms with Crippen LogP contribution in [0.1, 0.15) is 15.9 Å². The van der Waals surface area contributed by atoms with Gasteiger partial charge < -0.3 is 9.64 Å². The van der Waals surface area contributed by atoms with Crippen LogP contribution in [0.4, 0.5) is 0 Å². The SMILES string of the molecule is O=C(/C(=C/c1ccccc1)N1CCOCC1)c1ccc(Br)cc1. The second-order valence-electron chi connectivity index (χ2n) is 5.38. The Labute approximate surface area is 144 Å². The molecule has 0 aliphatic carbocycles. The number of ketones is 1. The molecule has 0 N–H and O–H groups in total. The van der Waals surface area contributed by atoms with E-state index < -0.39 is 0 Å². The molecule has 0 amide bonds. The van der Waals surface area contributed by atoms with Gasteiger partial charge in [-0.2, -0.15) is 0 Å². The zero-order valence-corrected chi connectivity index (χ0v) is 14.3. The highest BCUT2D eigenvalue weighted by atomic mass is 79.9. The summed E-state index contributed by atoms with van der Waals surface area (Å²) in [6.45, 7) is 2.78. The lowest BCUT2D eigenvalue weighted by molar-refractivity contribution is 0.0512. The molecule has 0 atom stereocenters. The minimum Gasteiger partial charge on any atom is -0.378 e. The Morgan fingerprint density at radius 1 is 1.00 bits per heavy atom. The van der Waals surface area contributed by atoms with Crippen LogP contribution in [0.25, 0.3) is 6.08 Å². The van der Waals surface area contributed by atoms with E-state index in [-0.39, 0.29) is 5.78 Å². The van der Waals surface area contributed by atoms with Gasteiger partial charge in [-0.15, -0.1) is 0 Å². The fourth-order valence-electron chi connectivity index (χ4n) is 2.56. The van der Waals surface area contributed by atoms with Crippen molar-refractivity contribution in [3.8, 4) is 0 Å². The van der Waals surface area contributed by atoms with E-state index in [1.807, 2.05) is 60.7 Å². The predicted molar refractivity (Wildman–Crippen MR) is 95.3 cm³/mol. The third kappa shape index (κ3) is 4.09. The second kappa shape index (κ2) is 7.57. The van der Waals surface area contributed by atoms with Gasteiger partial charge >= 0.3 is 0 Å². The molecule has 3 nitrogen and oxygen atoms in total. The van der Waals surface area contributed by atoms with Crippen LogP contribution in [0.3, 0.4) is 0 Å². The van der Waals surface area contributed by atoms with E-state index in [1.54, 1.807) is 0 Å². The number of carbonyl (C=O) groups is 1. The molecule has 0 saturated carbocycles. The number of allylic oxidation sites excluding steroid dienone is 1. The van der Waals surface area contributed by atoms with Crippen LogP contribution in [0.2, 0.25) is 0 Å². The molecule has 0 unspecified atom stereocenters.